The molecule has 3 rings (SSSR count). The first-order valence-corrected chi connectivity index (χ1v) is 6.98. The van der Waals surface area contributed by atoms with Gasteiger partial charge in [0.25, 0.3) is 11.8 Å². The second kappa shape index (κ2) is 5.68. The Hall–Kier alpha value is -2.80. The molecule has 2 aromatic heterocycles. The Morgan fingerprint density at radius 1 is 1.14 bits per heavy atom. The van der Waals surface area contributed by atoms with Gasteiger partial charge in [0.2, 0.25) is 0 Å². The molecule has 0 aliphatic rings. The topological polar surface area (TPSA) is 76.9 Å². The zero-order valence-electron chi connectivity index (χ0n) is 10.8. The van der Waals surface area contributed by atoms with E-state index in [0.717, 1.165) is 4.68 Å². The van der Waals surface area contributed by atoms with E-state index >= 15 is 0 Å². The predicted molar refractivity (Wildman–Crippen MR) is 78.5 cm³/mol. The second-order valence-corrected chi connectivity index (χ2v) is 5.00. The van der Waals surface area contributed by atoms with Crippen molar-refractivity contribution in [3.05, 3.63) is 65.4 Å². The van der Waals surface area contributed by atoms with Crippen molar-refractivity contribution in [2.45, 2.75) is 0 Å². The molecule has 0 fully saturated rings. The molecule has 7 heteroatoms. The van der Waals surface area contributed by atoms with Crippen LogP contribution in [0.5, 0.6) is 0 Å². The van der Waals surface area contributed by atoms with E-state index in [9.17, 15) is 9.59 Å². The highest BCUT2D eigenvalue weighted by molar-refractivity contribution is 7.13. The van der Waals surface area contributed by atoms with Crippen LogP contribution in [0, 0.1) is 0 Å². The molecule has 104 valence electrons. The van der Waals surface area contributed by atoms with Crippen LogP contribution < -0.4 is 5.32 Å². The lowest BCUT2D eigenvalue weighted by molar-refractivity contribution is 0.0944. The SMILES string of the molecule is O=C(Nc1nccs1)c1ccn(C(=O)c2ccccc2)n1. The molecule has 0 radical (unpaired) electrons. The van der Waals surface area contributed by atoms with E-state index in [1.54, 1.807) is 35.8 Å². The minimum atomic E-state index is -0.399. The molecule has 1 amide bonds. The van der Waals surface area contributed by atoms with Gasteiger partial charge < -0.3 is 0 Å². The third kappa shape index (κ3) is 2.87. The summed E-state index contributed by atoms with van der Waals surface area (Å²) in [5.74, 6) is -0.687. The number of anilines is 1. The fourth-order valence-electron chi connectivity index (χ4n) is 1.72. The quantitative estimate of drug-likeness (QED) is 0.804. The number of nitrogens with one attached hydrogen (secondary N) is 1. The summed E-state index contributed by atoms with van der Waals surface area (Å²) in [6, 6.07) is 10.2. The summed E-state index contributed by atoms with van der Waals surface area (Å²) in [5, 5.41) is 8.86. The lowest BCUT2D eigenvalue weighted by atomic mass is 10.2. The Labute approximate surface area is 124 Å². The average molecular weight is 298 g/mol. The van der Waals surface area contributed by atoms with E-state index in [-0.39, 0.29) is 11.6 Å². The molecule has 21 heavy (non-hydrogen) atoms. The van der Waals surface area contributed by atoms with Crippen LogP contribution in [0.25, 0.3) is 0 Å². The van der Waals surface area contributed by atoms with Gasteiger partial charge in [0.1, 0.15) is 0 Å². The zero-order valence-corrected chi connectivity index (χ0v) is 11.6. The summed E-state index contributed by atoms with van der Waals surface area (Å²) in [6.07, 6.45) is 3.06. The largest absolute Gasteiger partial charge is 0.296 e. The van der Waals surface area contributed by atoms with Crippen LogP contribution >= 0.6 is 11.3 Å². The van der Waals surface area contributed by atoms with Crippen LogP contribution in [0.3, 0.4) is 0 Å². The molecule has 1 aromatic carbocycles. The Morgan fingerprint density at radius 3 is 2.67 bits per heavy atom. The van der Waals surface area contributed by atoms with E-state index in [1.165, 1.54) is 23.6 Å². The lowest BCUT2D eigenvalue weighted by Gasteiger charge is -2.00. The number of aromatic nitrogens is 3. The Bertz CT molecular complexity index is 765. The number of hydrogen-bond acceptors (Lipinski definition) is 5. The maximum atomic E-state index is 12.2. The molecule has 6 nitrogen and oxygen atoms in total. The standard InChI is InChI=1S/C14H10N4O2S/c19-12(16-14-15-7-9-21-14)11-6-8-18(17-11)13(20)10-4-2-1-3-5-10/h1-9H,(H,15,16,19). The van der Waals surface area contributed by atoms with Gasteiger partial charge in [-0.25, -0.2) is 9.67 Å². The van der Waals surface area contributed by atoms with Crippen molar-refractivity contribution in [1.82, 2.24) is 14.8 Å². The molecule has 2 heterocycles. The van der Waals surface area contributed by atoms with Crippen LogP contribution in [0.2, 0.25) is 0 Å². The number of carbonyl (C=O) groups excluding carboxylic acids is 2. The number of benzene rings is 1. The van der Waals surface area contributed by atoms with Crippen LogP contribution in [0.15, 0.2) is 54.2 Å². The van der Waals surface area contributed by atoms with Crippen molar-refractivity contribution in [1.29, 1.82) is 0 Å². The van der Waals surface area contributed by atoms with Gasteiger partial charge in [0.15, 0.2) is 10.8 Å². The monoisotopic (exact) mass is 298 g/mol. The molecule has 0 saturated heterocycles. The molecule has 0 unspecified atom stereocenters. The molecule has 0 spiro atoms. The lowest BCUT2D eigenvalue weighted by Crippen LogP contribution is -2.16. The summed E-state index contributed by atoms with van der Waals surface area (Å²) in [7, 11) is 0. The minimum absolute atomic E-state index is 0.162. The number of nitrogens with zero attached hydrogens (tertiary/aromatic N) is 3. The molecule has 0 atom stereocenters. The zero-order chi connectivity index (χ0) is 14.7. The van der Waals surface area contributed by atoms with Crippen LogP contribution in [0.1, 0.15) is 20.8 Å². The first-order chi connectivity index (χ1) is 10.2. The van der Waals surface area contributed by atoms with Crippen molar-refractivity contribution in [3.63, 3.8) is 0 Å². The van der Waals surface area contributed by atoms with Crippen molar-refractivity contribution in [3.8, 4) is 0 Å². The number of amides is 1. The van der Waals surface area contributed by atoms with Crippen LogP contribution in [-0.4, -0.2) is 26.6 Å². The van der Waals surface area contributed by atoms with Crippen molar-refractivity contribution in [2.75, 3.05) is 5.32 Å². The summed E-state index contributed by atoms with van der Waals surface area (Å²) in [4.78, 5) is 28.1. The van der Waals surface area contributed by atoms with E-state index in [1.807, 2.05) is 6.07 Å². The third-order valence-corrected chi connectivity index (χ3v) is 3.39. The fourth-order valence-corrected chi connectivity index (χ4v) is 2.24. The van der Waals surface area contributed by atoms with Gasteiger partial charge >= 0.3 is 0 Å². The van der Waals surface area contributed by atoms with Gasteiger partial charge in [-0.1, -0.05) is 18.2 Å². The Balaban J connectivity index is 1.77. The van der Waals surface area contributed by atoms with E-state index in [4.69, 9.17) is 0 Å². The summed E-state index contributed by atoms with van der Waals surface area (Å²) >= 11 is 1.31. The first kappa shape index (κ1) is 13.2. The highest BCUT2D eigenvalue weighted by atomic mass is 32.1. The van der Waals surface area contributed by atoms with Gasteiger partial charge in [0, 0.05) is 23.3 Å². The van der Waals surface area contributed by atoms with Gasteiger partial charge in [0.05, 0.1) is 0 Å². The molecule has 0 aliphatic heterocycles. The summed E-state index contributed by atoms with van der Waals surface area (Å²) < 4.78 is 1.14. The maximum absolute atomic E-state index is 12.2. The second-order valence-electron chi connectivity index (χ2n) is 4.11. The smallest absolute Gasteiger partial charge is 0.278 e. The Morgan fingerprint density at radius 2 is 1.95 bits per heavy atom. The van der Waals surface area contributed by atoms with Crippen LogP contribution in [-0.2, 0) is 0 Å². The summed E-state index contributed by atoms with van der Waals surface area (Å²) in [5.41, 5.74) is 0.668. The van der Waals surface area contributed by atoms with Gasteiger partial charge in [-0.3, -0.25) is 14.9 Å². The molecule has 0 saturated carbocycles. The van der Waals surface area contributed by atoms with E-state index in [2.05, 4.69) is 15.4 Å². The number of rotatable bonds is 3. The molecule has 0 bridgehead atoms. The van der Waals surface area contributed by atoms with Gasteiger partial charge in [-0.2, -0.15) is 5.10 Å². The molecular weight excluding hydrogens is 288 g/mol. The van der Waals surface area contributed by atoms with Crippen molar-refractivity contribution < 1.29 is 9.59 Å². The molecular formula is C14H10N4O2S. The first-order valence-electron chi connectivity index (χ1n) is 6.10. The van der Waals surface area contributed by atoms with Crippen LogP contribution in [0.4, 0.5) is 5.13 Å². The number of hydrogen-bond donors (Lipinski definition) is 1. The van der Waals surface area contributed by atoms with E-state index in [0.29, 0.717) is 10.7 Å². The molecule has 3 aromatic rings. The van der Waals surface area contributed by atoms with Gasteiger partial charge in [-0.05, 0) is 18.2 Å². The Kier molecular flexibility index (Phi) is 3.57. The fraction of sp³-hybridized carbons (Fsp3) is 0. The van der Waals surface area contributed by atoms with Crippen molar-refractivity contribution >= 4 is 28.3 Å². The predicted octanol–water partition coefficient (Wildman–Crippen LogP) is 2.28. The third-order valence-electron chi connectivity index (χ3n) is 2.70. The molecule has 0 aliphatic carbocycles. The average Bonchev–Trinajstić information content (AvgIpc) is 3.18. The summed E-state index contributed by atoms with van der Waals surface area (Å²) in [6.45, 7) is 0. The number of carbonyl (C=O) groups is 2. The van der Waals surface area contributed by atoms with E-state index < -0.39 is 5.91 Å². The van der Waals surface area contributed by atoms with Gasteiger partial charge in [-0.15, -0.1) is 11.3 Å². The normalized spacial score (nSPS) is 10.3. The maximum Gasteiger partial charge on any atom is 0.278 e. The minimum Gasteiger partial charge on any atom is -0.296 e. The molecule has 1 N–H and O–H groups in total. The highest BCUT2D eigenvalue weighted by Gasteiger charge is 2.14. The van der Waals surface area contributed by atoms with Crippen molar-refractivity contribution in [2.24, 2.45) is 0 Å². The number of thiazole rings is 1. The highest BCUT2D eigenvalue weighted by Crippen LogP contribution is 2.12.